The fraction of sp³-hybridized carbons (Fsp3) is 0.130. The predicted octanol–water partition coefficient (Wildman–Crippen LogP) is 3.72. The van der Waals surface area contributed by atoms with Gasteiger partial charge in [-0.15, -0.1) is 0 Å². The molecule has 0 saturated heterocycles. The number of hydrogen-bond donors (Lipinski definition) is 2. The van der Waals surface area contributed by atoms with Gasteiger partial charge in [-0.05, 0) is 49.4 Å². The van der Waals surface area contributed by atoms with Gasteiger partial charge < -0.3 is 14.2 Å². The molecule has 0 bridgehead atoms. The number of hydrogen-bond acceptors (Lipinski definition) is 5. The van der Waals surface area contributed by atoms with Crippen LogP contribution in [0.1, 0.15) is 17.3 Å². The van der Waals surface area contributed by atoms with Gasteiger partial charge in [0.15, 0.2) is 18.1 Å². The van der Waals surface area contributed by atoms with Crippen LogP contribution in [0, 0.1) is 0 Å². The third-order valence-corrected chi connectivity index (χ3v) is 3.90. The van der Waals surface area contributed by atoms with E-state index in [2.05, 4.69) is 10.9 Å². The summed E-state index contributed by atoms with van der Waals surface area (Å²) >= 11 is 0. The lowest BCUT2D eigenvalue weighted by Gasteiger charge is -2.12. The summed E-state index contributed by atoms with van der Waals surface area (Å²) in [6.45, 7) is 2.07. The Morgan fingerprint density at radius 3 is 2.17 bits per heavy atom. The molecule has 0 saturated carbocycles. The second-order valence-electron chi connectivity index (χ2n) is 6.11. The van der Waals surface area contributed by atoms with Gasteiger partial charge in [0.25, 0.3) is 11.8 Å². The summed E-state index contributed by atoms with van der Waals surface area (Å²) in [5, 5.41) is 0. The van der Waals surface area contributed by atoms with E-state index in [0.29, 0.717) is 35.2 Å². The highest BCUT2D eigenvalue weighted by atomic mass is 16.5. The molecule has 30 heavy (non-hydrogen) atoms. The first-order valence-corrected chi connectivity index (χ1v) is 9.42. The molecule has 0 fully saturated rings. The Morgan fingerprint density at radius 2 is 1.43 bits per heavy atom. The maximum Gasteiger partial charge on any atom is 0.276 e. The molecular weight excluding hydrogens is 384 g/mol. The molecule has 2 N–H and O–H groups in total. The van der Waals surface area contributed by atoms with E-state index in [0.717, 1.165) is 0 Å². The number of carbonyl (C=O) groups excluding carboxylic acids is 2. The standard InChI is InChI=1S/C23H22N2O5/c1-2-28-20-13-6-7-14-21(20)29-16-22(26)24-25-23(27)17-9-8-12-19(15-17)30-18-10-4-3-5-11-18/h3-15H,2,16H2,1H3,(H,24,26)(H,25,27). The number of benzene rings is 3. The van der Waals surface area contributed by atoms with Crippen molar-refractivity contribution in [2.75, 3.05) is 13.2 Å². The minimum Gasteiger partial charge on any atom is -0.490 e. The van der Waals surface area contributed by atoms with Crippen LogP contribution in [0.5, 0.6) is 23.0 Å². The predicted molar refractivity (Wildman–Crippen MR) is 112 cm³/mol. The lowest BCUT2D eigenvalue weighted by atomic mass is 10.2. The molecule has 0 spiro atoms. The zero-order valence-corrected chi connectivity index (χ0v) is 16.5. The van der Waals surface area contributed by atoms with Gasteiger partial charge in [0, 0.05) is 5.56 Å². The monoisotopic (exact) mass is 406 g/mol. The molecule has 3 aromatic rings. The van der Waals surface area contributed by atoms with Crippen LogP contribution < -0.4 is 25.1 Å². The molecule has 3 aromatic carbocycles. The van der Waals surface area contributed by atoms with E-state index in [1.807, 2.05) is 43.3 Å². The Balaban J connectivity index is 1.50. The normalized spacial score (nSPS) is 10.0. The molecular formula is C23H22N2O5. The largest absolute Gasteiger partial charge is 0.490 e. The molecule has 0 aliphatic heterocycles. The van der Waals surface area contributed by atoms with Crippen molar-refractivity contribution in [2.24, 2.45) is 0 Å². The van der Waals surface area contributed by atoms with Crippen molar-refractivity contribution in [2.45, 2.75) is 6.92 Å². The molecule has 7 nitrogen and oxygen atoms in total. The van der Waals surface area contributed by atoms with Crippen molar-refractivity contribution >= 4 is 11.8 Å². The van der Waals surface area contributed by atoms with Gasteiger partial charge in [-0.25, -0.2) is 0 Å². The summed E-state index contributed by atoms with van der Waals surface area (Å²) in [5.41, 5.74) is 5.03. The summed E-state index contributed by atoms with van der Waals surface area (Å²) in [7, 11) is 0. The molecule has 0 unspecified atom stereocenters. The number of para-hydroxylation sites is 3. The fourth-order valence-electron chi connectivity index (χ4n) is 2.55. The second kappa shape index (κ2) is 10.5. The van der Waals surface area contributed by atoms with Crippen molar-refractivity contribution in [1.82, 2.24) is 10.9 Å². The van der Waals surface area contributed by atoms with Crippen molar-refractivity contribution < 1.29 is 23.8 Å². The van der Waals surface area contributed by atoms with E-state index >= 15 is 0 Å². The van der Waals surface area contributed by atoms with E-state index in [1.165, 1.54) is 0 Å². The molecule has 0 radical (unpaired) electrons. The van der Waals surface area contributed by atoms with Gasteiger partial charge in [-0.2, -0.15) is 0 Å². The zero-order valence-electron chi connectivity index (χ0n) is 16.5. The Morgan fingerprint density at radius 1 is 0.767 bits per heavy atom. The highest BCUT2D eigenvalue weighted by Crippen LogP contribution is 2.26. The van der Waals surface area contributed by atoms with Gasteiger partial charge in [-0.3, -0.25) is 20.4 Å². The highest BCUT2D eigenvalue weighted by molar-refractivity contribution is 5.95. The smallest absolute Gasteiger partial charge is 0.276 e. The number of ether oxygens (including phenoxy) is 3. The van der Waals surface area contributed by atoms with E-state index in [-0.39, 0.29) is 6.61 Å². The van der Waals surface area contributed by atoms with Crippen molar-refractivity contribution in [1.29, 1.82) is 0 Å². The summed E-state index contributed by atoms with van der Waals surface area (Å²) in [6.07, 6.45) is 0. The van der Waals surface area contributed by atoms with Gasteiger partial charge in [0.05, 0.1) is 6.61 Å². The molecule has 0 aliphatic carbocycles. The SMILES string of the molecule is CCOc1ccccc1OCC(=O)NNC(=O)c1cccc(Oc2ccccc2)c1. The van der Waals surface area contributed by atoms with Gasteiger partial charge in [-0.1, -0.05) is 36.4 Å². The molecule has 3 rings (SSSR count). The van der Waals surface area contributed by atoms with Crippen LogP contribution in [-0.4, -0.2) is 25.0 Å². The Kier molecular flexibility index (Phi) is 7.27. The third kappa shape index (κ3) is 6.00. The molecule has 7 heteroatoms. The van der Waals surface area contributed by atoms with Crippen LogP contribution in [0.4, 0.5) is 0 Å². The number of nitrogens with one attached hydrogen (secondary N) is 2. The summed E-state index contributed by atoms with van der Waals surface area (Å²) in [6, 6.07) is 22.9. The summed E-state index contributed by atoms with van der Waals surface area (Å²) < 4.78 is 16.6. The third-order valence-electron chi connectivity index (χ3n) is 3.90. The first kappa shape index (κ1) is 20.7. The Labute approximate surface area is 174 Å². The molecule has 2 amide bonds. The number of amides is 2. The first-order valence-electron chi connectivity index (χ1n) is 9.42. The van der Waals surface area contributed by atoms with Crippen LogP contribution in [0.3, 0.4) is 0 Å². The quantitative estimate of drug-likeness (QED) is 0.557. The van der Waals surface area contributed by atoms with E-state index in [1.54, 1.807) is 42.5 Å². The minimum absolute atomic E-state index is 0.276. The minimum atomic E-state index is -0.508. The summed E-state index contributed by atoms with van der Waals surface area (Å²) in [5.74, 6) is 1.19. The lowest BCUT2D eigenvalue weighted by Crippen LogP contribution is -2.43. The molecule has 154 valence electrons. The van der Waals surface area contributed by atoms with Crippen molar-refractivity contribution in [3.8, 4) is 23.0 Å². The highest BCUT2D eigenvalue weighted by Gasteiger charge is 2.11. The number of hydrazine groups is 1. The van der Waals surface area contributed by atoms with Crippen molar-refractivity contribution in [3.63, 3.8) is 0 Å². The Hall–Kier alpha value is -4.00. The maximum absolute atomic E-state index is 12.3. The van der Waals surface area contributed by atoms with Crippen molar-refractivity contribution in [3.05, 3.63) is 84.4 Å². The van der Waals surface area contributed by atoms with Gasteiger partial charge >= 0.3 is 0 Å². The van der Waals surface area contributed by atoms with E-state index in [4.69, 9.17) is 14.2 Å². The van der Waals surface area contributed by atoms with Crippen LogP contribution in [-0.2, 0) is 4.79 Å². The zero-order chi connectivity index (χ0) is 21.2. The van der Waals surface area contributed by atoms with Crippen LogP contribution in [0.25, 0.3) is 0 Å². The van der Waals surface area contributed by atoms with Gasteiger partial charge in [0.2, 0.25) is 0 Å². The maximum atomic E-state index is 12.3. The molecule has 0 atom stereocenters. The van der Waals surface area contributed by atoms with E-state index in [9.17, 15) is 9.59 Å². The lowest BCUT2D eigenvalue weighted by molar-refractivity contribution is -0.123. The number of rotatable bonds is 8. The van der Waals surface area contributed by atoms with Crippen LogP contribution >= 0.6 is 0 Å². The summed E-state index contributed by atoms with van der Waals surface area (Å²) in [4.78, 5) is 24.3. The van der Waals surface area contributed by atoms with Gasteiger partial charge in [0.1, 0.15) is 11.5 Å². The average molecular weight is 406 g/mol. The Bertz CT molecular complexity index is 992. The fourth-order valence-corrected chi connectivity index (χ4v) is 2.55. The van der Waals surface area contributed by atoms with E-state index < -0.39 is 11.8 Å². The molecule has 0 aromatic heterocycles. The molecule has 0 aliphatic rings. The van der Waals surface area contributed by atoms with Crippen LogP contribution in [0.15, 0.2) is 78.9 Å². The second-order valence-corrected chi connectivity index (χ2v) is 6.11. The van der Waals surface area contributed by atoms with Crippen LogP contribution in [0.2, 0.25) is 0 Å². The molecule has 0 heterocycles. The topological polar surface area (TPSA) is 85.9 Å². The average Bonchev–Trinajstić information content (AvgIpc) is 2.78. The number of carbonyl (C=O) groups is 2. The first-order chi connectivity index (χ1) is 14.7.